The van der Waals surface area contributed by atoms with Crippen LogP contribution in [0.5, 0.6) is 5.75 Å². The second-order valence-corrected chi connectivity index (χ2v) is 4.55. The smallest absolute Gasteiger partial charge is 0.122 e. The van der Waals surface area contributed by atoms with Crippen LogP contribution >= 0.6 is 0 Å². The Hall–Kier alpha value is -1.06. The van der Waals surface area contributed by atoms with Gasteiger partial charge in [-0.3, -0.25) is 0 Å². The van der Waals surface area contributed by atoms with Gasteiger partial charge in [0, 0.05) is 6.54 Å². The van der Waals surface area contributed by atoms with Crippen molar-refractivity contribution in [2.75, 3.05) is 20.2 Å². The average Bonchev–Trinajstić information content (AvgIpc) is 2.28. The number of rotatable bonds is 6. The van der Waals surface area contributed by atoms with Crippen LogP contribution < -0.4 is 10.1 Å². The Morgan fingerprint density at radius 3 is 2.59 bits per heavy atom. The van der Waals surface area contributed by atoms with Crippen molar-refractivity contribution in [1.82, 2.24) is 5.32 Å². The lowest BCUT2D eigenvalue weighted by atomic mass is 10.0. The summed E-state index contributed by atoms with van der Waals surface area (Å²) in [6.45, 7) is 7.48. The van der Waals surface area contributed by atoms with E-state index in [0.29, 0.717) is 6.54 Å². The van der Waals surface area contributed by atoms with E-state index >= 15 is 0 Å². The first kappa shape index (κ1) is 14.0. The minimum atomic E-state index is -0.284. The lowest BCUT2D eigenvalue weighted by Crippen LogP contribution is -2.26. The molecule has 0 aromatic heterocycles. The Balaban J connectivity index is 2.56. The zero-order valence-electron chi connectivity index (χ0n) is 11.2. The summed E-state index contributed by atoms with van der Waals surface area (Å²) in [5.41, 5.74) is 3.76. The first-order valence-corrected chi connectivity index (χ1v) is 6.07. The maximum Gasteiger partial charge on any atom is 0.122 e. The molecule has 0 radical (unpaired) electrons. The molecule has 96 valence electrons. The highest BCUT2D eigenvalue weighted by atomic mass is 16.5. The summed E-state index contributed by atoms with van der Waals surface area (Å²) in [7, 11) is 1.70. The lowest BCUT2D eigenvalue weighted by molar-refractivity contribution is 0.191. The Morgan fingerprint density at radius 2 is 2.00 bits per heavy atom. The van der Waals surface area contributed by atoms with Gasteiger partial charge in [0.25, 0.3) is 0 Å². The number of nitrogens with one attached hydrogen (secondary N) is 1. The van der Waals surface area contributed by atoms with Gasteiger partial charge < -0.3 is 15.2 Å². The van der Waals surface area contributed by atoms with Crippen molar-refractivity contribution >= 4 is 0 Å². The van der Waals surface area contributed by atoms with E-state index in [4.69, 9.17) is 9.84 Å². The van der Waals surface area contributed by atoms with Crippen molar-refractivity contribution in [3.05, 3.63) is 28.8 Å². The van der Waals surface area contributed by atoms with Gasteiger partial charge in [-0.1, -0.05) is 6.07 Å². The van der Waals surface area contributed by atoms with Crippen LogP contribution in [0.4, 0.5) is 0 Å². The minimum absolute atomic E-state index is 0.284. The zero-order valence-corrected chi connectivity index (χ0v) is 11.2. The monoisotopic (exact) mass is 237 g/mol. The number of aliphatic hydroxyl groups is 1. The molecule has 3 heteroatoms. The Kier molecular flexibility index (Phi) is 5.45. The molecule has 0 saturated carbocycles. The molecule has 1 rings (SSSR count). The number of aryl methyl sites for hydroxylation is 2. The average molecular weight is 237 g/mol. The summed E-state index contributed by atoms with van der Waals surface area (Å²) < 4.78 is 5.29. The zero-order chi connectivity index (χ0) is 12.8. The highest BCUT2D eigenvalue weighted by Gasteiger charge is 2.04. The maximum absolute atomic E-state index is 9.14. The fraction of sp³-hybridized carbons (Fsp3) is 0.571. The molecule has 0 amide bonds. The van der Waals surface area contributed by atoms with Crippen LogP contribution in [0.2, 0.25) is 0 Å². The Morgan fingerprint density at radius 1 is 1.29 bits per heavy atom. The molecular weight excluding hydrogens is 214 g/mol. The summed E-state index contributed by atoms with van der Waals surface area (Å²) in [4.78, 5) is 0. The van der Waals surface area contributed by atoms with E-state index in [9.17, 15) is 0 Å². The summed E-state index contributed by atoms with van der Waals surface area (Å²) in [5, 5.41) is 12.4. The lowest BCUT2D eigenvalue weighted by Gasteiger charge is -2.12. The molecule has 17 heavy (non-hydrogen) atoms. The van der Waals surface area contributed by atoms with Crippen LogP contribution in [0.15, 0.2) is 12.1 Å². The largest absolute Gasteiger partial charge is 0.496 e. The molecule has 3 nitrogen and oxygen atoms in total. The quantitative estimate of drug-likeness (QED) is 0.742. The van der Waals surface area contributed by atoms with Crippen molar-refractivity contribution in [1.29, 1.82) is 0 Å². The molecule has 1 unspecified atom stereocenters. The SMILES string of the molecule is COc1cc(C)c(CCNCC(C)O)cc1C. The van der Waals surface area contributed by atoms with E-state index in [0.717, 1.165) is 18.7 Å². The topological polar surface area (TPSA) is 41.5 Å². The van der Waals surface area contributed by atoms with E-state index in [1.165, 1.54) is 16.7 Å². The van der Waals surface area contributed by atoms with Gasteiger partial charge >= 0.3 is 0 Å². The summed E-state index contributed by atoms with van der Waals surface area (Å²) in [5.74, 6) is 0.947. The summed E-state index contributed by atoms with van der Waals surface area (Å²) >= 11 is 0. The molecule has 1 aromatic rings. The van der Waals surface area contributed by atoms with E-state index in [1.54, 1.807) is 14.0 Å². The molecule has 1 aromatic carbocycles. The summed E-state index contributed by atoms with van der Waals surface area (Å²) in [6, 6.07) is 4.26. The first-order valence-electron chi connectivity index (χ1n) is 6.07. The molecular formula is C14H23NO2. The highest BCUT2D eigenvalue weighted by molar-refractivity contribution is 5.41. The van der Waals surface area contributed by atoms with Crippen molar-refractivity contribution in [2.24, 2.45) is 0 Å². The van der Waals surface area contributed by atoms with Crippen LogP contribution in [0.1, 0.15) is 23.6 Å². The van der Waals surface area contributed by atoms with Gasteiger partial charge in [0.2, 0.25) is 0 Å². The number of hydrogen-bond acceptors (Lipinski definition) is 3. The van der Waals surface area contributed by atoms with Crippen LogP contribution in [-0.4, -0.2) is 31.4 Å². The number of aliphatic hydroxyl groups excluding tert-OH is 1. The number of ether oxygens (including phenoxy) is 1. The summed E-state index contributed by atoms with van der Waals surface area (Å²) in [6.07, 6.45) is 0.692. The molecule has 0 fully saturated rings. The van der Waals surface area contributed by atoms with Crippen molar-refractivity contribution < 1.29 is 9.84 Å². The number of methoxy groups -OCH3 is 1. The van der Waals surface area contributed by atoms with Crippen molar-refractivity contribution in [2.45, 2.75) is 33.3 Å². The third kappa shape index (κ3) is 4.36. The van der Waals surface area contributed by atoms with E-state index in [1.807, 2.05) is 0 Å². The minimum Gasteiger partial charge on any atom is -0.496 e. The van der Waals surface area contributed by atoms with Crippen LogP contribution in [0, 0.1) is 13.8 Å². The molecule has 1 atom stereocenters. The molecule has 2 N–H and O–H groups in total. The fourth-order valence-electron chi connectivity index (χ4n) is 1.87. The fourth-order valence-corrected chi connectivity index (χ4v) is 1.87. The third-order valence-corrected chi connectivity index (χ3v) is 2.86. The first-order chi connectivity index (χ1) is 8.04. The highest BCUT2D eigenvalue weighted by Crippen LogP contribution is 2.22. The molecule has 0 aliphatic rings. The second kappa shape index (κ2) is 6.62. The van der Waals surface area contributed by atoms with E-state index in [-0.39, 0.29) is 6.10 Å². The van der Waals surface area contributed by atoms with Crippen LogP contribution in [0.3, 0.4) is 0 Å². The van der Waals surface area contributed by atoms with Gasteiger partial charge in [0.15, 0.2) is 0 Å². The van der Waals surface area contributed by atoms with E-state index in [2.05, 4.69) is 31.3 Å². The maximum atomic E-state index is 9.14. The van der Waals surface area contributed by atoms with Crippen LogP contribution in [0.25, 0.3) is 0 Å². The van der Waals surface area contributed by atoms with Gasteiger partial charge in [0.1, 0.15) is 5.75 Å². The van der Waals surface area contributed by atoms with Gasteiger partial charge in [-0.2, -0.15) is 0 Å². The molecule has 0 aliphatic carbocycles. The van der Waals surface area contributed by atoms with Crippen molar-refractivity contribution in [3.8, 4) is 5.75 Å². The van der Waals surface area contributed by atoms with Gasteiger partial charge in [-0.15, -0.1) is 0 Å². The van der Waals surface area contributed by atoms with Gasteiger partial charge in [-0.05, 0) is 56.5 Å². The number of hydrogen-bond donors (Lipinski definition) is 2. The normalized spacial score (nSPS) is 12.5. The molecule has 0 bridgehead atoms. The second-order valence-electron chi connectivity index (χ2n) is 4.55. The van der Waals surface area contributed by atoms with E-state index < -0.39 is 0 Å². The molecule has 0 heterocycles. The predicted molar refractivity (Wildman–Crippen MR) is 70.7 cm³/mol. The molecule has 0 aliphatic heterocycles. The van der Waals surface area contributed by atoms with Crippen LogP contribution in [-0.2, 0) is 6.42 Å². The number of benzene rings is 1. The predicted octanol–water partition coefficient (Wildman–Crippen LogP) is 1.82. The standard InChI is InChI=1S/C14H23NO2/c1-10-8-14(17-4)11(2)7-13(10)5-6-15-9-12(3)16/h7-8,12,15-16H,5-6,9H2,1-4H3. The Labute approximate surface area is 104 Å². The van der Waals surface area contributed by atoms with Gasteiger partial charge in [0.05, 0.1) is 13.2 Å². The molecule has 0 spiro atoms. The van der Waals surface area contributed by atoms with Crippen molar-refractivity contribution in [3.63, 3.8) is 0 Å². The molecule has 0 saturated heterocycles. The third-order valence-electron chi connectivity index (χ3n) is 2.86. The van der Waals surface area contributed by atoms with Gasteiger partial charge in [-0.25, -0.2) is 0 Å². The Bertz CT molecular complexity index is 361.